The number of aromatic nitrogens is 3. The third kappa shape index (κ3) is 1.84. The molecule has 0 saturated carbocycles. The summed E-state index contributed by atoms with van der Waals surface area (Å²) in [5.41, 5.74) is 9.83. The summed E-state index contributed by atoms with van der Waals surface area (Å²) < 4.78 is 1.85. The van der Waals surface area contributed by atoms with Crippen LogP contribution in [0, 0.1) is 13.8 Å². The molecule has 1 aliphatic heterocycles. The minimum atomic E-state index is -0.0387. The molecule has 1 aliphatic rings. The van der Waals surface area contributed by atoms with Crippen LogP contribution in [0.5, 0.6) is 0 Å². The maximum atomic E-state index is 11.9. The molecule has 20 heavy (non-hydrogen) atoms. The topological polar surface area (TPSA) is 85.8 Å². The second-order valence-corrected chi connectivity index (χ2v) is 5.19. The van der Waals surface area contributed by atoms with Gasteiger partial charge in [0.1, 0.15) is 11.6 Å². The van der Waals surface area contributed by atoms with E-state index in [1.807, 2.05) is 31.6 Å². The van der Waals surface area contributed by atoms with E-state index in [-0.39, 0.29) is 11.8 Å². The summed E-state index contributed by atoms with van der Waals surface area (Å²) in [6.45, 7) is 3.99. The van der Waals surface area contributed by atoms with Gasteiger partial charge in [0, 0.05) is 36.2 Å². The number of aryl methyl sites for hydroxylation is 2. The number of fused-ring (bicyclic) bond motifs is 1. The summed E-state index contributed by atoms with van der Waals surface area (Å²) in [6, 6.07) is 3.71. The van der Waals surface area contributed by atoms with Gasteiger partial charge in [-0.2, -0.15) is 5.10 Å². The van der Waals surface area contributed by atoms with Gasteiger partial charge in [0.05, 0.1) is 5.69 Å². The van der Waals surface area contributed by atoms with E-state index in [9.17, 15) is 4.79 Å². The number of hydrogen-bond donors (Lipinski definition) is 2. The number of amides is 1. The second kappa shape index (κ2) is 4.33. The summed E-state index contributed by atoms with van der Waals surface area (Å²) in [7, 11) is 1.91. The number of carbonyl (C=O) groups excluding carboxylic acids is 1. The van der Waals surface area contributed by atoms with Crippen LogP contribution in [-0.4, -0.2) is 20.7 Å². The van der Waals surface area contributed by atoms with E-state index in [4.69, 9.17) is 5.73 Å². The van der Waals surface area contributed by atoms with Gasteiger partial charge in [0.15, 0.2) is 0 Å². The van der Waals surface area contributed by atoms with E-state index in [2.05, 4.69) is 15.4 Å². The molecule has 2 aromatic rings. The Morgan fingerprint density at radius 3 is 2.80 bits per heavy atom. The van der Waals surface area contributed by atoms with Crippen molar-refractivity contribution < 1.29 is 4.79 Å². The Balaban J connectivity index is 2.18. The van der Waals surface area contributed by atoms with Crippen molar-refractivity contribution in [1.82, 2.24) is 14.8 Å². The molecular weight excluding hydrogens is 254 g/mol. The van der Waals surface area contributed by atoms with Gasteiger partial charge in [-0.25, -0.2) is 4.98 Å². The highest BCUT2D eigenvalue weighted by Gasteiger charge is 2.31. The fourth-order valence-electron chi connectivity index (χ4n) is 2.90. The van der Waals surface area contributed by atoms with Gasteiger partial charge >= 0.3 is 0 Å². The normalized spacial score (nSPS) is 17.8. The van der Waals surface area contributed by atoms with Crippen LogP contribution in [0.3, 0.4) is 0 Å². The van der Waals surface area contributed by atoms with Crippen molar-refractivity contribution in [2.75, 3.05) is 11.1 Å². The molecule has 1 unspecified atom stereocenters. The summed E-state index contributed by atoms with van der Waals surface area (Å²) in [4.78, 5) is 16.2. The molecule has 1 amide bonds. The van der Waals surface area contributed by atoms with Gasteiger partial charge in [-0.15, -0.1) is 0 Å². The summed E-state index contributed by atoms with van der Waals surface area (Å²) in [5.74, 6) is 0.919. The number of nitrogens with one attached hydrogen (secondary N) is 1. The van der Waals surface area contributed by atoms with Gasteiger partial charge in [-0.05, 0) is 19.9 Å². The van der Waals surface area contributed by atoms with Crippen molar-refractivity contribution in [2.24, 2.45) is 7.05 Å². The van der Waals surface area contributed by atoms with E-state index in [0.717, 1.165) is 22.5 Å². The van der Waals surface area contributed by atoms with Crippen molar-refractivity contribution in [3.05, 3.63) is 34.6 Å². The third-order valence-corrected chi connectivity index (χ3v) is 3.88. The molecule has 0 aliphatic carbocycles. The molecule has 6 nitrogen and oxygen atoms in total. The summed E-state index contributed by atoms with van der Waals surface area (Å²) in [5, 5.41) is 7.23. The Morgan fingerprint density at radius 1 is 1.40 bits per heavy atom. The number of nitrogens with zero attached hydrogens (tertiary/aromatic N) is 3. The van der Waals surface area contributed by atoms with Crippen LogP contribution in [0.1, 0.15) is 34.9 Å². The zero-order valence-electron chi connectivity index (χ0n) is 11.8. The minimum absolute atomic E-state index is 0.0134. The van der Waals surface area contributed by atoms with Gasteiger partial charge in [0.2, 0.25) is 5.91 Å². The van der Waals surface area contributed by atoms with Gasteiger partial charge < -0.3 is 11.1 Å². The van der Waals surface area contributed by atoms with E-state index in [1.54, 1.807) is 6.07 Å². The molecule has 3 heterocycles. The Labute approximate surface area is 117 Å². The molecule has 6 heteroatoms. The third-order valence-electron chi connectivity index (χ3n) is 3.88. The van der Waals surface area contributed by atoms with E-state index >= 15 is 0 Å². The fourth-order valence-corrected chi connectivity index (χ4v) is 2.90. The summed E-state index contributed by atoms with van der Waals surface area (Å²) in [6.07, 6.45) is 0.409. The van der Waals surface area contributed by atoms with Crippen molar-refractivity contribution in [3.8, 4) is 0 Å². The number of nitrogen functional groups attached to an aromatic ring is 1. The Morgan fingerprint density at radius 2 is 2.15 bits per heavy atom. The number of rotatable bonds is 1. The molecule has 0 bridgehead atoms. The average Bonchev–Trinajstić information content (AvgIpc) is 2.61. The maximum Gasteiger partial charge on any atom is 0.226 e. The molecule has 0 aromatic carbocycles. The van der Waals surface area contributed by atoms with Crippen molar-refractivity contribution in [1.29, 1.82) is 0 Å². The molecule has 3 N–H and O–H groups in total. The smallest absolute Gasteiger partial charge is 0.226 e. The lowest BCUT2D eigenvalue weighted by molar-refractivity contribution is -0.116. The first-order valence-corrected chi connectivity index (χ1v) is 6.53. The molecule has 3 rings (SSSR count). The van der Waals surface area contributed by atoms with Crippen LogP contribution in [0.2, 0.25) is 0 Å². The van der Waals surface area contributed by atoms with E-state index in [0.29, 0.717) is 18.1 Å². The zero-order valence-corrected chi connectivity index (χ0v) is 11.8. The lowest BCUT2D eigenvalue weighted by atomic mass is 9.85. The average molecular weight is 271 g/mol. The maximum absolute atomic E-state index is 11.9. The van der Waals surface area contributed by atoms with Crippen LogP contribution < -0.4 is 11.1 Å². The number of hydrogen-bond acceptors (Lipinski definition) is 4. The second-order valence-electron chi connectivity index (χ2n) is 5.19. The highest BCUT2D eigenvalue weighted by atomic mass is 16.1. The molecule has 0 spiro atoms. The molecule has 0 radical (unpaired) electrons. The lowest BCUT2D eigenvalue weighted by Crippen LogP contribution is -2.25. The molecule has 0 saturated heterocycles. The number of pyridine rings is 1. The lowest BCUT2D eigenvalue weighted by Gasteiger charge is -2.25. The van der Waals surface area contributed by atoms with E-state index in [1.165, 1.54) is 0 Å². The molecule has 2 aromatic heterocycles. The fraction of sp³-hybridized carbons (Fsp3) is 0.357. The first-order valence-electron chi connectivity index (χ1n) is 6.53. The molecule has 1 atom stereocenters. The monoisotopic (exact) mass is 271 g/mol. The predicted octanol–water partition coefficient (Wildman–Crippen LogP) is 1.49. The largest absolute Gasteiger partial charge is 0.384 e. The SMILES string of the molecule is Cc1nn(C)c(C)c1C1CC(=O)Nc2nc(N)ccc21. The molecular formula is C14H17N5O. The minimum Gasteiger partial charge on any atom is -0.384 e. The van der Waals surface area contributed by atoms with Crippen molar-refractivity contribution in [3.63, 3.8) is 0 Å². The van der Waals surface area contributed by atoms with Crippen LogP contribution >= 0.6 is 0 Å². The van der Waals surface area contributed by atoms with Crippen LogP contribution in [0.25, 0.3) is 0 Å². The van der Waals surface area contributed by atoms with Crippen LogP contribution in [0.4, 0.5) is 11.6 Å². The Kier molecular flexibility index (Phi) is 2.74. The first kappa shape index (κ1) is 12.7. The van der Waals surface area contributed by atoms with Crippen LogP contribution in [0.15, 0.2) is 12.1 Å². The number of carbonyl (C=O) groups is 1. The standard InChI is InChI=1S/C14H17N5O/c1-7-13(8(2)19(3)18-7)10-6-12(20)17-14-9(10)4-5-11(15)16-14/h4-5,10H,6H2,1-3H3,(H3,15,16,17,20). The predicted molar refractivity (Wildman–Crippen MR) is 76.4 cm³/mol. The van der Waals surface area contributed by atoms with Gasteiger partial charge in [-0.3, -0.25) is 9.48 Å². The van der Waals surface area contributed by atoms with Crippen molar-refractivity contribution in [2.45, 2.75) is 26.2 Å². The van der Waals surface area contributed by atoms with E-state index < -0.39 is 0 Å². The van der Waals surface area contributed by atoms with Crippen LogP contribution in [-0.2, 0) is 11.8 Å². The summed E-state index contributed by atoms with van der Waals surface area (Å²) >= 11 is 0. The Bertz CT molecular complexity index is 704. The first-order chi connectivity index (χ1) is 9.47. The highest BCUT2D eigenvalue weighted by Crippen LogP contribution is 2.38. The number of nitrogens with two attached hydrogens (primary N) is 1. The molecule has 104 valence electrons. The van der Waals surface area contributed by atoms with Crippen molar-refractivity contribution >= 4 is 17.5 Å². The Hall–Kier alpha value is -2.37. The quantitative estimate of drug-likeness (QED) is 0.822. The highest BCUT2D eigenvalue weighted by molar-refractivity contribution is 5.94. The van der Waals surface area contributed by atoms with Gasteiger partial charge in [0.25, 0.3) is 0 Å². The zero-order chi connectivity index (χ0) is 14.4. The number of anilines is 2. The van der Waals surface area contributed by atoms with Gasteiger partial charge in [-0.1, -0.05) is 6.07 Å². The molecule has 0 fully saturated rings.